The molecule has 0 aromatic rings. The van der Waals surface area contributed by atoms with Gasteiger partial charge in [0.2, 0.25) is 0 Å². The van der Waals surface area contributed by atoms with Gasteiger partial charge in [0.1, 0.15) is 5.60 Å². The number of hydrogen-bond acceptors (Lipinski definition) is 4. The maximum absolute atomic E-state index is 9.45. The molecule has 4 nitrogen and oxygen atoms in total. The first kappa shape index (κ1) is 7.94. The van der Waals surface area contributed by atoms with Crippen LogP contribution in [0.3, 0.4) is 0 Å². The van der Waals surface area contributed by atoms with E-state index in [1.54, 1.807) is 0 Å². The first-order chi connectivity index (χ1) is 4.69. The largest absolute Gasteiger partial charge is 0.390 e. The highest BCUT2D eigenvalue weighted by Gasteiger charge is 2.37. The molecule has 0 radical (unpaired) electrons. The smallest absolute Gasteiger partial charge is 0.126 e. The van der Waals surface area contributed by atoms with E-state index < -0.39 is 11.7 Å². The molecule has 4 heteroatoms. The molecule has 0 unspecified atom stereocenters. The van der Waals surface area contributed by atoms with E-state index in [1.165, 1.54) is 0 Å². The molecule has 1 rings (SSSR count). The van der Waals surface area contributed by atoms with Crippen LogP contribution in [0.5, 0.6) is 0 Å². The molecule has 0 saturated carbocycles. The molecule has 1 heterocycles. The Labute approximate surface area is 59.6 Å². The van der Waals surface area contributed by atoms with Crippen LogP contribution in [-0.4, -0.2) is 41.7 Å². The molecule has 1 saturated heterocycles. The molecule has 60 valence electrons. The SMILES string of the molecule is NC[C@@]1(O)COCC[C@@H]1O. The van der Waals surface area contributed by atoms with Crippen LogP contribution in [0.15, 0.2) is 0 Å². The summed E-state index contributed by atoms with van der Waals surface area (Å²) in [5.74, 6) is 0. The molecule has 0 amide bonds. The first-order valence-corrected chi connectivity index (χ1v) is 3.37. The minimum Gasteiger partial charge on any atom is -0.390 e. The standard InChI is InChI=1S/C6H13NO3/c7-3-6(9)4-10-2-1-5(6)8/h5,8-9H,1-4,7H2/t5-,6+/m0/s1. The highest BCUT2D eigenvalue weighted by molar-refractivity contribution is 4.89. The molecule has 0 spiro atoms. The average Bonchev–Trinajstić information content (AvgIpc) is 1.96. The van der Waals surface area contributed by atoms with Crippen LogP contribution in [0.4, 0.5) is 0 Å². The van der Waals surface area contributed by atoms with Crippen molar-refractivity contribution in [3.8, 4) is 0 Å². The molecule has 1 fully saturated rings. The molecule has 0 aliphatic carbocycles. The summed E-state index contributed by atoms with van der Waals surface area (Å²) >= 11 is 0. The molecule has 10 heavy (non-hydrogen) atoms. The first-order valence-electron chi connectivity index (χ1n) is 3.37. The zero-order chi connectivity index (χ0) is 7.61. The second kappa shape index (κ2) is 2.84. The minimum absolute atomic E-state index is 0.0498. The minimum atomic E-state index is -1.21. The fraction of sp³-hybridized carbons (Fsp3) is 1.00. The third kappa shape index (κ3) is 1.29. The van der Waals surface area contributed by atoms with E-state index in [0.717, 1.165) is 0 Å². The Morgan fingerprint density at radius 1 is 1.70 bits per heavy atom. The molecule has 0 bridgehead atoms. The summed E-state index contributed by atoms with van der Waals surface area (Å²) in [5.41, 5.74) is 4.03. The summed E-state index contributed by atoms with van der Waals surface area (Å²) < 4.78 is 4.96. The van der Waals surface area contributed by atoms with Crippen LogP contribution in [0, 0.1) is 0 Å². The van der Waals surface area contributed by atoms with Crippen molar-refractivity contribution in [2.24, 2.45) is 5.73 Å². The maximum atomic E-state index is 9.45. The Bertz CT molecular complexity index is 120. The second-order valence-corrected chi connectivity index (χ2v) is 2.66. The summed E-state index contributed by atoms with van der Waals surface area (Å²) in [4.78, 5) is 0. The molecule has 4 N–H and O–H groups in total. The summed E-state index contributed by atoms with van der Waals surface area (Å²) in [5, 5.41) is 18.7. The lowest BCUT2D eigenvalue weighted by atomic mass is 9.94. The number of nitrogens with two attached hydrogens (primary N) is 1. The van der Waals surface area contributed by atoms with Crippen molar-refractivity contribution in [3.05, 3.63) is 0 Å². The van der Waals surface area contributed by atoms with Gasteiger partial charge in [-0.05, 0) is 6.42 Å². The van der Waals surface area contributed by atoms with Crippen molar-refractivity contribution in [2.45, 2.75) is 18.1 Å². The van der Waals surface area contributed by atoms with E-state index in [-0.39, 0.29) is 13.2 Å². The topological polar surface area (TPSA) is 75.7 Å². The van der Waals surface area contributed by atoms with E-state index in [1.807, 2.05) is 0 Å². The van der Waals surface area contributed by atoms with Crippen LogP contribution in [0.25, 0.3) is 0 Å². The Hall–Kier alpha value is -0.160. The highest BCUT2D eigenvalue weighted by Crippen LogP contribution is 2.17. The number of aliphatic hydroxyl groups excluding tert-OH is 1. The lowest BCUT2D eigenvalue weighted by molar-refractivity contribution is -0.152. The Balaban J connectivity index is 2.54. The van der Waals surface area contributed by atoms with Crippen LogP contribution in [0.1, 0.15) is 6.42 Å². The van der Waals surface area contributed by atoms with Gasteiger partial charge in [-0.25, -0.2) is 0 Å². The Morgan fingerprint density at radius 3 is 2.80 bits per heavy atom. The third-order valence-corrected chi connectivity index (χ3v) is 1.86. The predicted molar refractivity (Wildman–Crippen MR) is 35.4 cm³/mol. The monoisotopic (exact) mass is 147 g/mol. The Kier molecular flexibility index (Phi) is 2.25. The van der Waals surface area contributed by atoms with Gasteiger partial charge in [0, 0.05) is 13.2 Å². The van der Waals surface area contributed by atoms with Gasteiger partial charge in [0.25, 0.3) is 0 Å². The van der Waals surface area contributed by atoms with Gasteiger partial charge in [-0.2, -0.15) is 0 Å². The van der Waals surface area contributed by atoms with E-state index >= 15 is 0 Å². The van der Waals surface area contributed by atoms with Gasteiger partial charge in [0.15, 0.2) is 0 Å². The van der Waals surface area contributed by atoms with Gasteiger partial charge >= 0.3 is 0 Å². The number of ether oxygens (including phenoxy) is 1. The van der Waals surface area contributed by atoms with Crippen molar-refractivity contribution in [2.75, 3.05) is 19.8 Å². The molecule has 1 aliphatic rings. The fourth-order valence-corrected chi connectivity index (χ4v) is 1.00. The second-order valence-electron chi connectivity index (χ2n) is 2.66. The zero-order valence-corrected chi connectivity index (χ0v) is 5.79. The zero-order valence-electron chi connectivity index (χ0n) is 5.79. The van der Waals surface area contributed by atoms with E-state index in [2.05, 4.69) is 0 Å². The molecule has 2 atom stereocenters. The van der Waals surface area contributed by atoms with Gasteiger partial charge in [-0.15, -0.1) is 0 Å². The van der Waals surface area contributed by atoms with Crippen molar-refractivity contribution in [1.82, 2.24) is 0 Å². The van der Waals surface area contributed by atoms with Gasteiger partial charge in [-0.1, -0.05) is 0 Å². The Morgan fingerprint density at radius 2 is 2.40 bits per heavy atom. The van der Waals surface area contributed by atoms with Crippen molar-refractivity contribution in [1.29, 1.82) is 0 Å². The summed E-state index contributed by atoms with van der Waals surface area (Å²) in [6, 6.07) is 0. The molecule has 1 aliphatic heterocycles. The van der Waals surface area contributed by atoms with Gasteiger partial charge in [0.05, 0.1) is 12.7 Å². The summed E-state index contributed by atoms with van der Waals surface area (Å²) in [6.07, 6.45) is -0.264. The fourth-order valence-electron chi connectivity index (χ4n) is 1.00. The molecule has 0 aromatic heterocycles. The van der Waals surface area contributed by atoms with Crippen molar-refractivity contribution >= 4 is 0 Å². The normalized spacial score (nSPS) is 41.7. The quantitative estimate of drug-likeness (QED) is 0.420. The highest BCUT2D eigenvalue weighted by atomic mass is 16.5. The van der Waals surface area contributed by atoms with E-state index in [0.29, 0.717) is 13.0 Å². The number of rotatable bonds is 1. The summed E-state index contributed by atoms with van der Waals surface area (Å²) in [6.45, 7) is 0.697. The maximum Gasteiger partial charge on any atom is 0.126 e. The van der Waals surface area contributed by atoms with Crippen LogP contribution >= 0.6 is 0 Å². The van der Waals surface area contributed by atoms with Crippen molar-refractivity contribution < 1.29 is 14.9 Å². The average molecular weight is 147 g/mol. The lowest BCUT2D eigenvalue weighted by Gasteiger charge is -2.35. The van der Waals surface area contributed by atoms with Gasteiger partial charge < -0.3 is 20.7 Å². The van der Waals surface area contributed by atoms with Crippen LogP contribution in [-0.2, 0) is 4.74 Å². The molecule has 0 aromatic carbocycles. The van der Waals surface area contributed by atoms with Crippen LogP contribution in [0.2, 0.25) is 0 Å². The summed E-state index contributed by atoms with van der Waals surface area (Å²) in [7, 11) is 0. The molecular weight excluding hydrogens is 134 g/mol. The van der Waals surface area contributed by atoms with Gasteiger partial charge in [-0.3, -0.25) is 0 Å². The number of aliphatic hydroxyl groups is 2. The van der Waals surface area contributed by atoms with Crippen LogP contribution < -0.4 is 5.73 Å². The van der Waals surface area contributed by atoms with E-state index in [4.69, 9.17) is 10.5 Å². The number of hydrogen-bond donors (Lipinski definition) is 3. The van der Waals surface area contributed by atoms with E-state index in [9.17, 15) is 10.2 Å². The lowest BCUT2D eigenvalue weighted by Crippen LogP contribution is -2.55. The van der Waals surface area contributed by atoms with Crippen molar-refractivity contribution in [3.63, 3.8) is 0 Å². The predicted octanol–water partition coefficient (Wildman–Crippen LogP) is -1.54. The molecular formula is C6H13NO3. The third-order valence-electron chi connectivity index (χ3n) is 1.86.